The van der Waals surface area contributed by atoms with E-state index in [0.29, 0.717) is 36.6 Å². The molecule has 1 aliphatic rings. The van der Waals surface area contributed by atoms with Gasteiger partial charge in [-0.15, -0.1) is 0 Å². The lowest BCUT2D eigenvalue weighted by molar-refractivity contribution is -0.132. The van der Waals surface area contributed by atoms with Crippen LogP contribution in [0.4, 0.5) is 0 Å². The van der Waals surface area contributed by atoms with Gasteiger partial charge in [0.05, 0.1) is 10.3 Å². The number of nitrogens with two attached hydrogens (primary N) is 1. The minimum atomic E-state index is -3.74. The highest BCUT2D eigenvalue weighted by atomic mass is 35.5. The first-order valence-electron chi connectivity index (χ1n) is 6.90. The van der Waals surface area contributed by atoms with Crippen LogP contribution < -0.4 is 10.5 Å². The standard InChI is InChI=1S/C14H19ClN2O4S/c1-10-8-11(15)2-3-12(10)22(19,20)17-9-14(13(16)18)4-6-21-7-5-14/h2-3,8,17H,4-7,9H2,1H3,(H2,16,18). The third-order valence-electron chi connectivity index (χ3n) is 4.00. The van der Waals surface area contributed by atoms with E-state index in [2.05, 4.69) is 4.72 Å². The Morgan fingerprint density at radius 2 is 2.05 bits per heavy atom. The van der Waals surface area contributed by atoms with Crippen molar-refractivity contribution in [3.8, 4) is 0 Å². The number of hydrogen-bond acceptors (Lipinski definition) is 4. The highest BCUT2D eigenvalue weighted by molar-refractivity contribution is 7.89. The van der Waals surface area contributed by atoms with Crippen LogP contribution in [0.15, 0.2) is 23.1 Å². The molecule has 2 rings (SSSR count). The Kier molecular flexibility index (Phi) is 5.11. The van der Waals surface area contributed by atoms with Gasteiger partial charge in [0, 0.05) is 24.8 Å². The van der Waals surface area contributed by atoms with Crippen LogP contribution in [0.5, 0.6) is 0 Å². The predicted octanol–water partition coefficient (Wildman–Crippen LogP) is 1.21. The van der Waals surface area contributed by atoms with Gasteiger partial charge in [0.1, 0.15) is 0 Å². The molecule has 0 aliphatic carbocycles. The summed E-state index contributed by atoms with van der Waals surface area (Å²) >= 11 is 5.84. The third kappa shape index (κ3) is 3.60. The summed E-state index contributed by atoms with van der Waals surface area (Å²) in [4.78, 5) is 11.9. The van der Waals surface area contributed by atoms with Crippen LogP contribution in [-0.4, -0.2) is 34.1 Å². The fourth-order valence-corrected chi connectivity index (χ4v) is 4.08. The molecule has 1 amide bonds. The zero-order valence-electron chi connectivity index (χ0n) is 12.3. The molecule has 1 aliphatic heterocycles. The van der Waals surface area contributed by atoms with Crippen molar-refractivity contribution in [1.82, 2.24) is 4.72 Å². The first kappa shape index (κ1) is 17.2. The highest BCUT2D eigenvalue weighted by Gasteiger charge is 2.39. The Morgan fingerprint density at radius 3 is 2.59 bits per heavy atom. The number of ether oxygens (including phenoxy) is 1. The van der Waals surface area contributed by atoms with Crippen molar-refractivity contribution in [3.63, 3.8) is 0 Å². The molecule has 0 unspecified atom stereocenters. The van der Waals surface area contributed by atoms with Gasteiger partial charge in [-0.3, -0.25) is 4.79 Å². The van der Waals surface area contributed by atoms with Crippen molar-refractivity contribution in [1.29, 1.82) is 0 Å². The molecule has 6 nitrogen and oxygen atoms in total. The number of hydrogen-bond donors (Lipinski definition) is 2. The summed E-state index contributed by atoms with van der Waals surface area (Å²) in [5, 5.41) is 0.467. The maximum Gasteiger partial charge on any atom is 0.240 e. The van der Waals surface area contributed by atoms with Gasteiger partial charge in [0.25, 0.3) is 0 Å². The molecule has 1 saturated heterocycles. The number of halogens is 1. The van der Waals surface area contributed by atoms with E-state index in [1.165, 1.54) is 12.1 Å². The van der Waals surface area contributed by atoms with Crippen molar-refractivity contribution in [2.24, 2.45) is 11.1 Å². The van der Waals surface area contributed by atoms with Gasteiger partial charge in [0.2, 0.25) is 15.9 Å². The Labute approximate surface area is 135 Å². The molecule has 122 valence electrons. The molecule has 0 atom stereocenters. The Morgan fingerprint density at radius 1 is 1.41 bits per heavy atom. The summed E-state index contributed by atoms with van der Waals surface area (Å²) in [6.07, 6.45) is 0.814. The summed E-state index contributed by atoms with van der Waals surface area (Å²) in [6, 6.07) is 4.54. The van der Waals surface area contributed by atoms with E-state index in [1.54, 1.807) is 13.0 Å². The van der Waals surface area contributed by atoms with E-state index in [0.717, 1.165) is 0 Å². The van der Waals surface area contributed by atoms with E-state index in [4.69, 9.17) is 22.1 Å². The molecule has 1 aromatic rings. The number of primary amides is 1. The molecule has 0 spiro atoms. The molecular formula is C14H19ClN2O4S. The van der Waals surface area contributed by atoms with Crippen LogP contribution in [-0.2, 0) is 19.6 Å². The Bertz CT molecular complexity index is 669. The van der Waals surface area contributed by atoms with Gasteiger partial charge in [-0.2, -0.15) is 0 Å². The van der Waals surface area contributed by atoms with Gasteiger partial charge in [-0.1, -0.05) is 11.6 Å². The zero-order valence-corrected chi connectivity index (χ0v) is 13.8. The second kappa shape index (κ2) is 6.54. The van der Waals surface area contributed by atoms with Crippen molar-refractivity contribution in [3.05, 3.63) is 28.8 Å². The van der Waals surface area contributed by atoms with Crippen LogP contribution in [0.3, 0.4) is 0 Å². The fraction of sp³-hybridized carbons (Fsp3) is 0.500. The molecular weight excluding hydrogens is 328 g/mol. The summed E-state index contributed by atoms with van der Waals surface area (Å²) < 4.78 is 32.6. The van der Waals surface area contributed by atoms with E-state index in [9.17, 15) is 13.2 Å². The number of aryl methyl sites for hydroxylation is 1. The minimum absolute atomic E-state index is 0.0317. The molecule has 1 aromatic carbocycles. The molecule has 0 aromatic heterocycles. The zero-order chi connectivity index (χ0) is 16.4. The van der Waals surface area contributed by atoms with E-state index >= 15 is 0 Å². The fourth-order valence-electron chi connectivity index (χ4n) is 2.50. The summed E-state index contributed by atoms with van der Waals surface area (Å²) in [5.41, 5.74) is 5.12. The van der Waals surface area contributed by atoms with Gasteiger partial charge in [0.15, 0.2) is 0 Å². The van der Waals surface area contributed by atoms with Gasteiger partial charge in [-0.05, 0) is 43.5 Å². The van der Waals surface area contributed by atoms with Crippen molar-refractivity contribution in [2.45, 2.75) is 24.7 Å². The minimum Gasteiger partial charge on any atom is -0.381 e. The summed E-state index contributed by atoms with van der Waals surface area (Å²) in [6.45, 7) is 2.42. The number of carbonyl (C=O) groups is 1. The maximum atomic E-state index is 12.4. The molecule has 1 fully saturated rings. The first-order valence-corrected chi connectivity index (χ1v) is 8.76. The van der Waals surface area contributed by atoms with Crippen LogP contribution in [0, 0.1) is 12.3 Å². The lowest BCUT2D eigenvalue weighted by Crippen LogP contribution is -2.49. The number of sulfonamides is 1. The largest absolute Gasteiger partial charge is 0.381 e. The van der Waals surface area contributed by atoms with Crippen molar-refractivity contribution >= 4 is 27.5 Å². The normalized spacial score (nSPS) is 18.1. The van der Waals surface area contributed by atoms with Gasteiger partial charge in [-0.25, -0.2) is 13.1 Å². The Hall–Kier alpha value is -1.15. The van der Waals surface area contributed by atoms with Crippen molar-refractivity contribution < 1.29 is 17.9 Å². The van der Waals surface area contributed by atoms with E-state index in [-0.39, 0.29) is 11.4 Å². The Balaban J connectivity index is 2.19. The molecule has 1 heterocycles. The SMILES string of the molecule is Cc1cc(Cl)ccc1S(=O)(=O)NCC1(C(N)=O)CCOCC1. The smallest absolute Gasteiger partial charge is 0.240 e. The molecule has 0 bridgehead atoms. The van der Waals surface area contributed by atoms with Crippen LogP contribution in [0.2, 0.25) is 5.02 Å². The highest BCUT2D eigenvalue weighted by Crippen LogP contribution is 2.30. The molecule has 0 saturated carbocycles. The predicted molar refractivity (Wildman–Crippen MR) is 83.1 cm³/mol. The monoisotopic (exact) mass is 346 g/mol. The number of benzene rings is 1. The lowest BCUT2D eigenvalue weighted by atomic mass is 9.80. The maximum absolute atomic E-state index is 12.4. The van der Waals surface area contributed by atoms with E-state index in [1.807, 2.05) is 0 Å². The summed E-state index contributed by atoms with van der Waals surface area (Å²) in [5.74, 6) is -0.508. The summed E-state index contributed by atoms with van der Waals surface area (Å²) in [7, 11) is -3.74. The molecule has 0 radical (unpaired) electrons. The average Bonchev–Trinajstić information content (AvgIpc) is 2.45. The third-order valence-corrected chi connectivity index (χ3v) is 5.80. The van der Waals surface area contributed by atoms with Crippen LogP contribution >= 0.6 is 11.6 Å². The first-order chi connectivity index (χ1) is 10.3. The molecule has 3 N–H and O–H groups in total. The number of rotatable bonds is 5. The van der Waals surface area contributed by atoms with Gasteiger partial charge >= 0.3 is 0 Å². The second-order valence-corrected chi connectivity index (χ2v) is 7.66. The number of amides is 1. The topological polar surface area (TPSA) is 98.5 Å². The average molecular weight is 347 g/mol. The van der Waals surface area contributed by atoms with Crippen LogP contribution in [0.1, 0.15) is 18.4 Å². The molecule has 22 heavy (non-hydrogen) atoms. The second-order valence-electron chi connectivity index (χ2n) is 5.49. The van der Waals surface area contributed by atoms with Crippen LogP contribution in [0.25, 0.3) is 0 Å². The number of nitrogens with one attached hydrogen (secondary N) is 1. The quantitative estimate of drug-likeness (QED) is 0.837. The number of carbonyl (C=O) groups excluding carboxylic acids is 1. The molecule has 8 heteroatoms. The lowest BCUT2D eigenvalue weighted by Gasteiger charge is -2.34. The van der Waals surface area contributed by atoms with Crippen molar-refractivity contribution in [2.75, 3.05) is 19.8 Å². The van der Waals surface area contributed by atoms with E-state index < -0.39 is 21.3 Å². The van der Waals surface area contributed by atoms with Gasteiger partial charge < -0.3 is 10.5 Å².